The molecule has 2 unspecified atom stereocenters. The quantitative estimate of drug-likeness (QED) is 0.593. The number of carbonyl (C=O) groups excluding carboxylic acids is 3. The van der Waals surface area contributed by atoms with E-state index in [-0.39, 0.29) is 34.7 Å². The predicted octanol–water partition coefficient (Wildman–Crippen LogP) is 4.55. The molecule has 5 nitrogen and oxygen atoms in total. The molecule has 2 aliphatic rings. The number of ketones is 2. The second-order valence-electron chi connectivity index (χ2n) is 7.30. The van der Waals surface area contributed by atoms with Crippen LogP contribution in [0.3, 0.4) is 0 Å². The second-order valence-corrected chi connectivity index (χ2v) is 7.74. The Kier molecular flexibility index (Phi) is 5.49. The number of ether oxygens (including phenoxy) is 1. The molecule has 6 heteroatoms. The lowest BCUT2D eigenvalue weighted by molar-refractivity contribution is -0.129. The standard InChI is InChI=1S/C23H20ClNO4/c24-15-10-11-19(17(12-15)21(26)14-6-2-1-3-7-14)25-23(28)18-13-29-20-9-5-4-8-16(20)22(18)27/h1-3,6-7,10-13,16,20H,4-5,8-9H2,(H,25,28). The van der Waals surface area contributed by atoms with E-state index in [1.165, 1.54) is 12.3 Å². The smallest absolute Gasteiger partial charge is 0.262 e. The zero-order chi connectivity index (χ0) is 20.4. The average molecular weight is 410 g/mol. The van der Waals surface area contributed by atoms with Gasteiger partial charge in [0.2, 0.25) is 0 Å². The normalized spacial score (nSPS) is 20.9. The van der Waals surface area contributed by atoms with Crippen LogP contribution in [0.5, 0.6) is 0 Å². The SMILES string of the molecule is O=C(Nc1ccc(Cl)cc1C(=O)c1ccccc1)C1=COC2CCCCC2C1=O. The maximum Gasteiger partial charge on any atom is 0.262 e. The van der Waals surface area contributed by atoms with Gasteiger partial charge in [0.25, 0.3) is 5.91 Å². The number of amides is 1. The first-order valence-corrected chi connectivity index (χ1v) is 10.0. The van der Waals surface area contributed by atoms with Crippen molar-refractivity contribution < 1.29 is 19.1 Å². The number of nitrogens with one attached hydrogen (secondary N) is 1. The molecule has 1 fully saturated rings. The third-order valence-electron chi connectivity index (χ3n) is 5.42. The molecule has 2 aromatic carbocycles. The number of Topliss-reactive ketones (excluding diaryl/α,β-unsaturated/α-hetero) is 1. The van der Waals surface area contributed by atoms with E-state index in [4.69, 9.17) is 16.3 Å². The molecule has 0 spiro atoms. The number of fused-ring (bicyclic) bond motifs is 1. The van der Waals surface area contributed by atoms with Crippen LogP contribution in [0.4, 0.5) is 5.69 Å². The van der Waals surface area contributed by atoms with E-state index in [1.54, 1.807) is 36.4 Å². The summed E-state index contributed by atoms with van der Waals surface area (Å²) in [5.74, 6) is -1.31. The monoisotopic (exact) mass is 409 g/mol. The van der Waals surface area contributed by atoms with Gasteiger partial charge >= 0.3 is 0 Å². The zero-order valence-corrected chi connectivity index (χ0v) is 16.4. The van der Waals surface area contributed by atoms with Gasteiger partial charge in [-0.25, -0.2) is 0 Å². The number of rotatable bonds is 4. The van der Waals surface area contributed by atoms with Crippen LogP contribution in [0, 0.1) is 5.92 Å². The highest BCUT2D eigenvalue weighted by Gasteiger charge is 2.39. The Hall–Kier alpha value is -2.92. The summed E-state index contributed by atoms with van der Waals surface area (Å²) in [7, 11) is 0. The molecule has 2 atom stereocenters. The molecule has 2 aromatic rings. The molecule has 1 heterocycles. The molecule has 0 aromatic heterocycles. The first kappa shape index (κ1) is 19.4. The summed E-state index contributed by atoms with van der Waals surface area (Å²) in [4.78, 5) is 38.5. The van der Waals surface area contributed by atoms with E-state index in [0.717, 1.165) is 25.7 Å². The first-order chi connectivity index (χ1) is 14.0. The fourth-order valence-electron chi connectivity index (χ4n) is 3.89. The lowest BCUT2D eigenvalue weighted by Gasteiger charge is -2.33. The van der Waals surface area contributed by atoms with Crippen molar-refractivity contribution in [2.24, 2.45) is 5.92 Å². The Morgan fingerprint density at radius 3 is 2.59 bits per heavy atom. The van der Waals surface area contributed by atoms with Crippen LogP contribution >= 0.6 is 11.6 Å². The fourth-order valence-corrected chi connectivity index (χ4v) is 4.06. The maximum absolute atomic E-state index is 12.9. The minimum atomic E-state index is -0.580. The third-order valence-corrected chi connectivity index (χ3v) is 5.66. The summed E-state index contributed by atoms with van der Waals surface area (Å²) < 4.78 is 5.66. The van der Waals surface area contributed by atoms with Gasteiger partial charge in [-0.05, 0) is 37.5 Å². The zero-order valence-electron chi connectivity index (χ0n) is 15.7. The van der Waals surface area contributed by atoms with Gasteiger partial charge in [0.15, 0.2) is 11.6 Å². The molecule has 1 amide bonds. The number of anilines is 1. The summed E-state index contributed by atoms with van der Waals surface area (Å²) in [6, 6.07) is 13.4. The number of carbonyl (C=O) groups is 3. The molecular weight excluding hydrogens is 390 g/mol. The summed E-state index contributed by atoms with van der Waals surface area (Å²) >= 11 is 6.08. The van der Waals surface area contributed by atoms with Crippen molar-refractivity contribution >= 4 is 34.8 Å². The average Bonchev–Trinajstić information content (AvgIpc) is 2.75. The summed E-state index contributed by atoms with van der Waals surface area (Å²) in [5.41, 5.74) is 1.03. The molecule has 1 aliphatic heterocycles. The van der Waals surface area contributed by atoms with Crippen molar-refractivity contribution in [3.63, 3.8) is 0 Å². The maximum atomic E-state index is 12.9. The minimum absolute atomic E-state index is 0.0128. The van der Waals surface area contributed by atoms with Crippen molar-refractivity contribution in [2.45, 2.75) is 31.8 Å². The van der Waals surface area contributed by atoms with E-state index < -0.39 is 5.91 Å². The number of benzene rings is 2. The molecule has 29 heavy (non-hydrogen) atoms. The number of hydrogen-bond acceptors (Lipinski definition) is 4. The Labute approximate surface area is 173 Å². The van der Waals surface area contributed by atoms with Gasteiger partial charge in [-0.15, -0.1) is 0 Å². The van der Waals surface area contributed by atoms with Crippen LogP contribution < -0.4 is 5.32 Å². The van der Waals surface area contributed by atoms with Crippen LogP contribution in [0.25, 0.3) is 0 Å². The molecule has 1 saturated carbocycles. The van der Waals surface area contributed by atoms with Crippen LogP contribution in [-0.2, 0) is 14.3 Å². The van der Waals surface area contributed by atoms with Crippen molar-refractivity contribution in [3.8, 4) is 0 Å². The van der Waals surface area contributed by atoms with E-state index in [1.807, 2.05) is 6.07 Å². The van der Waals surface area contributed by atoms with E-state index in [9.17, 15) is 14.4 Å². The Morgan fingerprint density at radius 1 is 1.03 bits per heavy atom. The van der Waals surface area contributed by atoms with Crippen molar-refractivity contribution in [2.75, 3.05) is 5.32 Å². The summed E-state index contributed by atoms with van der Waals surface area (Å²) in [6.07, 6.45) is 4.66. The van der Waals surface area contributed by atoms with Crippen molar-refractivity contribution in [1.82, 2.24) is 0 Å². The molecule has 0 saturated heterocycles. The van der Waals surface area contributed by atoms with Gasteiger partial charge in [-0.2, -0.15) is 0 Å². The molecule has 148 valence electrons. The molecule has 0 radical (unpaired) electrons. The van der Waals surface area contributed by atoms with Gasteiger partial charge in [-0.3, -0.25) is 14.4 Å². The Balaban J connectivity index is 1.60. The molecule has 0 bridgehead atoms. The van der Waals surface area contributed by atoms with Crippen LogP contribution in [0.1, 0.15) is 41.6 Å². The lowest BCUT2D eigenvalue weighted by Crippen LogP contribution is -2.39. The van der Waals surface area contributed by atoms with Gasteiger partial charge in [0.1, 0.15) is 11.7 Å². The van der Waals surface area contributed by atoms with Crippen molar-refractivity contribution in [3.05, 3.63) is 76.5 Å². The lowest BCUT2D eigenvalue weighted by atomic mass is 9.80. The van der Waals surface area contributed by atoms with Gasteiger partial charge in [-0.1, -0.05) is 48.4 Å². The molecular formula is C23H20ClNO4. The first-order valence-electron chi connectivity index (χ1n) is 9.65. The van der Waals surface area contributed by atoms with Gasteiger partial charge in [0.05, 0.1) is 17.9 Å². The molecule has 1 aliphatic carbocycles. The Morgan fingerprint density at radius 2 is 1.79 bits per heavy atom. The molecule has 1 N–H and O–H groups in total. The summed E-state index contributed by atoms with van der Waals surface area (Å²) in [5, 5.41) is 3.07. The molecule has 4 rings (SSSR count). The van der Waals surface area contributed by atoms with Crippen LogP contribution in [0.2, 0.25) is 5.02 Å². The predicted molar refractivity (Wildman–Crippen MR) is 110 cm³/mol. The fraction of sp³-hybridized carbons (Fsp3) is 0.261. The van der Waals surface area contributed by atoms with E-state index >= 15 is 0 Å². The highest BCUT2D eigenvalue weighted by molar-refractivity contribution is 6.32. The van der Waals surface area contributed by atoms with Gasteiger partial charge < -0.3 is 10.1 Å². The van der Waals surface area contributed by atoms with Crippen LogP contribution in [0.15, 0.2) is 60.4 Å². The second kappa shape index (κ2) is 8.21. The number of halogens is 1. The topological polar surface area (TPSA) is 72.5 Å². The Bertz CT molecular complexity index is 999. The number of hydrogen-bond donors (Lipinski definition) is 1. The van der Waals surface area contributed by atoms with E-state index in [0.29, 0.717) is 16.3 Å². The third kappa shape index (κ3) is 3.96. The van der Waals surface area contributed by atoms with Crippen LogP contribution in [-0.4, -0.2) is 23.6 Å². The van der Waals surface area contributed by atoms with Crippen molar-refractivity contribution in [1.29, 1.82) is 0 Å². The van der Waals surface area contributed by atoms with E-state index in [2.05, 4.69) is 5.32 Å². The largest absolute Gasteiger partial charge is 0.496 e. The summed E-state index contributed by atoms with van der Waals surface area (Å²) in [6.45, 7) is 0. The highest BCUT2D eigenvalue weighted by Crippen LogP contribution is 2.33. The minimum Gasteiger partial charge on any atom is -0.496 e. The highest BCUT2D eigenvalue weighted by atomic mass is 35.5. The van der Waals surface area contributed by atoms with Gasteiger partial charge in [0, 0.05) is 16.1 Å².